The Morgan fingerprint density at radius 1 is 1.22 bits per heavy atom. The molecule has 3 amide bonds. The van der Waals surface area contributed by atoms with Crippen molar-refractivity contribution in [2.75, 3.05) is 32.6 Å². The summed E-state index contributed by atoms with van der Waals surface area (Å²) in [6.45, 7) is -0.626. The Morgan fingerprint density at radius 3 is 2.66 bits per heavy atom. The highest BCUT2D eigenvalue weighted by Crippen LogP contribution is 2.31. The molecule has 13 heteroatoms. The lowest BCUT2D eigenvalue weighted by molar-refractivity contribution is -0.385. The third-order valence-electron chi connectivity index (χ3n) is 4.60. The smallest absolute Gasteiger partial charge is 0.333 e. The summed E-state index contributed by atoms with van der Waals surface area (Å²) < 4.78 is 9.58. The molecule has 1 aromatic carbocycles. The van der Waals surface area contributed by atoms with Crippen LogP contribution in [-0.4, -0.2) is 76.9 Å². The maximum absolute atomic E-state index is 12.5. The van der Waals surface area contributed by atoms with E-state index in [-0.39, 0.29) is 42.4 Å². The molecule has 3 rings (SSSR count). The number of carbonyl (C=O) groups excluding carboxylic acids is 5. The van der Waals surface area contributed by atoms with Crippen LogP contribution < -0.4 is 0 Å². The number of nitro benzene ring substituents is 1. The van der Waals surface area contributed by atoms with E-state index in [9.17, 15) is 34.1 Å². The summed E-state index contributed by atoms with van der Waals surface area (Å²) in [5.41, 5.74) is -1.02. The topological polar surface area (TPSA) is 153 Å². The molecule has 2 aliphatic heterocycles. The average Bonchev–Trinajstić information content (AvgIpc) is 3.23. The van der Waals surface area contributed by atoms with Crippen LogP contribution in [0.3, 0.4) is 0 Å². The zero-order valence-corrected chi connectivity index (χ0v) is 17.6. The number of methoxy groups -OCH3 is 1. The Balaban J connectivity index is 1.53. The Bertz CT molecular complexity index is 1050. The molecule has 2 aliphatic rings. The second kappa shape index (κ2) is 9.60. The van der Waals surface area contributed by atoms with E-state index in [0.29, 0.717) is 9.93 Å². The van der Waals surface area contributed by atoms with Gasteiger partial charge in [-0.1, -0.05) is 17.8 Å². The summed E-state index contributed by atoms with van der Waals surface area (Å²) in [5.74, 6) is -3.26. The number of nitrogens with zero attached hydrogens (tertiary/aromatic N) is 3. The number of ether oxygens (including phenoxy) is 2. The van der Waals surface area contributed by atoms with Gasteiger partial charge < -0.3 is 14.4 Å². The van der Waals surface area contributed by atoms with Gasteiger partial charge in [-0.25, -0.2) is 4.79 Å². The van der Waals surface area contributed by atoms with Gasteiger partial charge in [0.15, 0.2) is 0 Å². The minimum Gasteiger partial charge on any atom is -0.466 e. The van der Waals surface area contributed by atoms with E-state index < -0.39 is 40.9 Å². The molecule has 0 bridgehead atoms. The molecule has 2 heterocycles. The molecular weight excluding hydrogens is 446 g/mol. The van der Waals surface area contributed by atoms with Crippen LogP contribution in [0.25, 0.3) is 0 Å². The molecule has 0 spiro atoms. The first-order valence-corrected chi connectivity index (χ1v) is 10.2. The van der Waals surface area contributed by atoms with Gasteiger partial charge in [-0.05, 0) is 12.5 Å². The molecule has 32 heavy (non-hydrogen) atoms. The van der Waals surface area contributed by atoms with Crippen molar-refractivity contribution in [2.45, 2.75) is 6.42 Å². The largest absolute Gasteiger partial charge is 0.466 e. The van der Waals surface area contributed by atoms with E-state index in [2.05, 4.69) is 4.74 Å². The van der Waals surface area contributed by atoms with Crippen molar-refractivity contribution in [3.05, 3.63) is 50.5 Å². The molecule has 0 radical (unpaired) electrons. The number of benzene rings is 1. The molecule has 0 aromatic heterocycles. The lowest BCUT2D eigenvalue weighted by Crippen LogP contribution is -2.36. The number of thioether (sulfide) groups is 1. The Labute approximate surface area is 185 Å². The van der Waals surface area contributed by atoms with Crippen LogP contribution in [0.1, 0.15) is 27.1 Å². The molecule has 0 N–H and O–H groups in total. The first-order valence-electron chi connectivity index (χ1n) is 9.26. The maximum atomic E-state index is 12.5. The standard InChI is InChI=1S/C19H17N3O9S/c1-30-15(24)8-14-20(13(23)10-32-14)6-3-7-31-16(25)9-21-18(26)11-4-2-5-12(22(28)29)17(11)19(21)27/h2,4-5,8H,3,6-7,9-10H2,1H3/b14-8+. The summed E-state index contributed by atoms with van der Waals surface area (Å²) in [6.07, 6.45) is 1.44. The highest BCUT2D eigenvalue weighted by Gasteiger charge is 2.41. The van der Waals surface area contributed by atoms with E-state index >= 15 is 0 Å². The predicted molar refractivity (Wildman–Crippen MR) is 108 cm³/mol. The van der Waals surface area contributed by atoms with Gasteiger partial charge in [0.2, 0.25) is 5.91 Å². The van der Waals surface area contributed by atoms with Gasteiger partial charge in [-0.2, -0.15) is 0 Å². The fourth-order valence-electron chi connectivity index (χ4n) is 3.12. The summed E-state index contributed by atoms with van der Waals surface area (Å²) in [7, 11) is 1.22. The highest BCUT2D eigenvalue weighted by molar-refractivity contribution is 8.04. The number of imide groups is 1. The summed E-state index contributed by atoms with van der Waals surface area (Å²) in [5, 5.41) is 11.6. The van der Waals surface area contributed by atoms with Crippen LogP contribution in [-0.2, 0) is 23.9 Å². The molecule has 0 aliphatic carbocycles. The van der Waals surface area contributed by atoms with E-state index in [1.54, 1.807) is 0 Å². The van der Waals surface area contributed by atoms with Gasteiger partial charge in [0, 0.05) is 12.6 Å². The van der Waals surface area contributed by atoms with Gasteiger partial charge in [0.25, 0.3) is 17.5 Å². The molecule has 12 nitrogen and oxygen atoms in total. The number of nitro groups is 1. The van der Waals surface area contributed by atoms with Gasteiger partial charge in [-0.15, -0.1) is 0 Å². The van der Waals surface area contributed by atoms with E-state index in [0.717, 1.165) is 6.07 Å². The van der Waals surface area contributed by atoms with Crippen LogP contribution in [0.4, 0.5) is 5.69 Å². The van der Waals surface area contributed by atoms with Gasteiger partial charge in [0.1, 0.15) is 12.1 Å². The summed E-state index contributed by atoms with van der Waals surface area (Å²) >= 11 is 1.18. The van der Waals surface area contributed by atoms with Gasteiger partial charge in [0.05, 0.1) is 41.1 Å². The first-order chi connectivity index (χ1) is 15.2. The van der Waals surface area contributed by atoms with Crippen LogP contribution >= 0.6 is 11.8 Å². The number of carbonyl (C=O) groups is 5. The molecule has 1 aromatic rings. The third-order valence-corrected chi connectivity index (χ3v) is 5.63. The normalized spacial score (nSPS) is 16.5. The van der Waals surface area contributed by atoms with Gasteiger partial charge in [-0.3, -0.25) is 34.2 Å². The van der Waals surface area contributed by atoms with Crippen LogP contribution in [0.5, 0.6) is 0 Å². The fraction of sp³-hybridized carbons (Fsp3) is 0.316. The van der Waals surface area contributed by atoms with Crippen molar-refractivity contribution in [2.24, 2.45) is 0 Å². The van der Waals surface area contributed by atoms with Crippen LogP contribution in [0, 0.1) is 10.1 Å². The highest BCUT2D eigenvalue weighted by atomic mass is 32.2. The molecule has 1 saturated heterocycles. The van der Waals surface area contributed by atoms with Crippen LogP contribution in [0.2, 0.25) is 0 Å². The predicted octanol–water partition coefficient (Wildman–Crippen LogP) is 0.714. The maximum Gasteiger partial charge on any atom is 0.333 e. The molecule has 0 saturated carbocycles. The minimum atomic E-state index is -0.938. The number of amides is 3. The Kier molecular flexibility index (Phi) is 6.88. The number of fused-ring (bicyclic) bond motifs is 1. The van der Waals surface area contributed by atoms with Crippen molar-refractivity contribution in [1.29, 1.82) is 0 Å². The second-order valence-corrected chi connectivity index (χ2v) is 7.56. The lowest BCUT2D eigenvalue weighted by atomic mass is 10.1. The first kappa shape index (κ1) is 22.9. The van der Waals surface area contributed by atoms with Crippen molar-refractivity contribution in [3.8, 4) is 0 Å². The number of hydrogen-bond donors (Lipinski definition) is 0. The number of hydrogen-bond acceptors (Lipinski definition) is 10. The second-order valence-electron chi connectivity index (χ2n) is 6.57. The lowest BCUT2D eigenvalue weighted by Gasteiger charge is -2.17. The zero-order valence-electron chi connectivity index (χ0n) is 16.8. The third kappa shape index (κ3) is 4.61. The fourth-order valence-corrected chi connectivity index (χ4v) is 4.08. The average molecular weight is 463 g/mol. The summed E-state index contributed by atoms with van der Waals surface area (Å²) in [4.78, 5) is 72.6. The minimum absolute atomic E-state index is 0.109. The van der Waals surface area contributed by atoms with Crippen molar-refractivity contribution >= 4 is 47.1 Å². The van der Waals surface area contributed by atoms with Crippen LogP contribution in [0.15, 0.2) is 29.3 Å². The number of rotatable bonds is 8. The quantitative estimate of drug-likeness (QED) is 0.134. The van der Waals surface area contributed by atoms with Crippen molar-refractivity contribution < 1.29 is 38.4 Å². The Morgan fingerprint density at radius 2 is 1.97 bits per heavy atom. The van der Waals surface area contributed by atoms with E-state index in [1.807, 2.05) is 0 Å². The monoisotopic (exact) mass is 463 g/mol. The Hall–Kier alpha value is -3.74. The van der Waals surface area contributed by atoms with Crippen molar-refractivity contribution in [1.82, 2.24) is 9.80 Å². The zero-order chi connectivity index (χ0) is 23.4. The molecular formula is C19H17N3O9S. The summed E-state index contributed by atoms with van der Waals surface area (Å²) in [6, 6.07) is 3.66. The molecule has 0 atom stereocenters. The van der Waals surface area contributed by atoms with Gasteiger partial charge >= 0.3 is 11.9 Å². The van der Waals surface area contributed by atoms with E-state index in [4.69, 9.17) is 4.74 Å². The van der Waals surface area contributed by atoms with Crippen molar-refractivity contribution in [3.63, 3.8) is 0 Å². The number of esters is 2. The van der Waals surface area contributed by atoms with E-state index in [1.165, 1.54) is 42.0 Å². The molecule has 1 fully saturated rings. The molecule has 0 unspecified atom stereocenters. The SMILES string of the molecule is COC(=O)/C=C1/SCC(=O)N1CCCOC(=O)CN1C(=O)c2cccc([N+](=O)[O-])c2C1=O. The molecule has 168 valence electrons.